The number of carbonyl (C=O) groups is 1. The number of ether oxygens (including phenoxy) is 1. The molecular weight excluding hydrogens is 280 g/mol. The van der Waals surface area contributed by atoms with Gasteiger partial charge in [0.1, 0.15) is 0 Å². The summed E-state index contributed by atoms with van der Waals surface area (Å²) in [4.78, 5) is 11.7. The molecular formula is C14H19BrO2. The number of aryl methyl sites for hydroxylation is 1. The summed E-state index contributed by atoms with van der Waals surface area (Å²) < 4.78 is 4.84. The molecule has 2 nitrogen and oxygen atoms in total. The Labute approximate surface area is 111 Å². The molecule has 1 rings (SSSR count). The number of methoxy groups -OCH3 is 1. The van der Waals surface area contributed by atoms with Crippen LogP contribution >= 0.6 is 15.9 Å². The maximum atomic E-state index is 11.7. The lowest BCUT2D eigenvalue weighted by atomic mass is 9.83. The quantitative estimate of drug-likeness (QED) is 0.615. The maximum absolute atomic E-state index is 11.7. The highest BCUT2D eigenvalue weighted by atomic mass is 79.9. The van der Waals surface area contributed by atoms with Crippen molar-refractivity contribution in [3.63, 3.8) is 0 Å². The van der Waals surface area contributed by atoms with Crippen molar-refractivity contribution in [2.75, 3.05) is 12.4 Å². The summed E-state index contributed by atoms with van der Waals surface area (Å²) in [6.07, 6.45) is 2.12. The molecule has 0 aliphatic heterocycles. The monoisotopic (exact) mass is 298 g/mol. The van der Waals surface area contributed by atoms with Gasteiger partial charge in [-0.3, -0.25) is 4.79 Å². The summed E-state index contributed by atoms with van der Waals surface area (Å²) in [6, 6.07) is 8.18. The number of carbonyl (C=O) groups excluding carboxylic acids is 1. The maximum Gasteiger partial charge on any atom is 0.315 e. The summed E-state index contributed by atoms with van der Waals surface area (Å²) in [5.41, 5.74) is 1.69. The van der Waals surface area contributed by atoms with E-state index in [1.165, 1.54) is 12.7 Å². The van der Waals surface area contributed by atoms with E-state index in [-0.39, 0.29) is 5.97 Å². The highest BCUT2D eigenvalue weighted by Gasteiger charge is 2.30. The Hall–Kier alpha value is -0.830. The van der Waals surface area contributed by atoms with Gasteiger partial charge in [-0.05, 0) is 37.8 Å². The molecule has 0 N–H and O–H groups in total. The molecule has 94 valence electrons. The summed E-state index contributed by atoms with van der Waals surface area (Å²) in [6.45, 7) is 3.78. The van der Waals surface area contributed by atoms with Crippen LogP contribution < -0.4 is 0 Å². The van der Waals surface area contributed by atoms with E-state index in [0.717, 1.165) is 23.7 Å². The zero-order chi connectivity index (χ0) is 12.9. The van der Waals surface area contributed by atoms with E-state index in [2.05, 4.69) is 28.1 Å². The van der Waals surface area contributed by atoms with Crippen molar-refractivity contribution in [3.8, 4) is 0 Å². The predicted molar refractivity (Wildman–Crippen MR) is 73.6 cm³/mol. The normalized spacial score (nSPS) is 11.3. The van der Waals surface area contributed by atoms with E-state index < -0.39 is 5.41 Å². The van der Waals surface area contributed by atoms with Crippen molar-refractivity contribution in [3.05, 3.63) is 35.4 Å². The molecule has 0 heterocycles. The fourth-order valence-corrected chi connectivity index (χ4v) is 2.04. The molecule has 17 heavy (non-hydrogen) atoms. The predicted octanol–water partition coefficient (Wildman–Crippen LogP) is 3.46. The SMILES string of the molecule is COC(=O)C(C)(C)c1cccc(CCCBr)c1. The van der Waals surface area contributed by atoms with E-state index in [1.807, 2.05) is 26.0 Å². The number of alkyl halides is 1. The third kappa shape index (κ3) is 3.56. The number of benzene rings is 1. The van der Waals surface area contributed by atoms with Crippen LogP contribution in [0, 0.1) is 0 Å². The van der Waals surface area contributed by atoms with Crippen LogP contribution in [0.1, 0.15) is 31.4 Å². The van der Waals surface area contributed by atoms with Gasteiger partial charge in [0.05, 0.1) is 12.5 Å². The lowest BCUT2D eigenvalue weighted by Gasteiger charge is -2.22. The zero-order valence-corrected chi connectivity index (χ0v) is 12.2. The van der Waals surface area contributed by atoms with Crippen molar-refractivity contribution in [2.45, 2.75) is 32.1 Å². The van der Waals surface area contributed by atoms with E-state index in [4.69, 9.17) is 4.74 Å². The van der Waals surface area contributed by atoms with Gasteiger partial charge in [-0.1, -0.05) is 40.2 Å². The Morgan fingerprint density at radius 1 is 1.41 bits per heavy atom. The van der Waals surface area contributed by atoms with Gasteiger partial charge >= 0.3 is 5.97 Å². The number of rotatable bonds is 5. The first-order chi connectivity index (χ1) is 8.02. The van der Waals surface area contributed by atoms with Crippen LogP contribution in [0.25, 0.3) is 0 Å². The fraction of sp³-hybridized carbons (Fsp3) is 0.500. The molecule has 0 bridgehead atoms. The third-order valence-electron chi connectivity index (χ3n) is 2.94. The summed E-state index contributed by atoms with van der Waals surface area (Å²) in [5.74, 6) is -0.199. The molecule has 0 fully saturated rings. The second-order valence-corrected chi connectivity index (χ2v) is 5.40. The number of hydrogen-bond acceptors (Lipinski definition) is 2. The van der Waals surface area contributed by atoms with Gasteiger partial charge in [0.25, 0.3) is 0 Å². The second kappa shape index (κ2) is 6.20. The fourth-order valence-electron chi connectivity index (χ4n) is 1.76. The van der Waals surface area contributed by atoms with Crippen LogP contribution in [-0.2, 0) is 21.4 Å². The molecule has 0 amide bonds. The largest absolute Gasteiger partial charge is 0.468 e. The van der Waals surface area contributed by atoms with Crippen molar-refractivity contribution >= 4 is 21.9 Å². The Morgan fingerprint density at radius 3 is 2.71 bits per heavy atom. The molecule has 1 aromatic carbocycles. The highest BCUT2D eigenvalue weighted by molar-refractivity contribution is 9.09. The van der Waals surface area contributed by atoms with Crippen molar-refractivity contribution in [2.24, 2.45) is 0 Å². The molecule has 0 aliphatic carbocycles. The molecule has 0 spiro atoms. The molecule has 0 saturated heterocycles. The minimum atomic E-state index is -0.584. The van der Waals surface area contributed by atoms with Crippen molar-refractivity contribution in [1.29, 1.82) is 0 Å². The minimum absolute atomic E-state index is 0.199. The molecule has 0 saturated carbocycles. The van der Waals surface area contributed by atoms with E-state index in [1.54, 1.807) is 0 Å². The third-order valence-corrected chi connectivity index (χ3v) is 3.50. The minimum Gasteiger partial charge on any atom is -0.468 e. The van der Waals surface area contributed by atoms with Gasteiger partial charge in [-0.15, -0.1) is 0 Å². The Kier molecular flexibility index (Phi) is 5.19. The van der Waals surface area contributed by atoms with Crippen LogP contribution in [0.3, 0.4) is 0 Å². The summed E-state index contributed by atoms with van der Waals surface area (Å²) >= 11 is 3.43. The first-order valence-electron chi connectivity index (χ1n) is 5.76. The first kappa shape index (κ1) is 14.2. The van der Waals surface area contributed by atoms with E-state index in [9.17, 15) is 4.79 Å². The van der Waals surface area contributed by atoms with Crippen LogP contribution in [0.5, 0.6) is 0 Å². The van der Waals surface area contributed by atoms with E-state index >= 15 is 0 Å². The summed E-state index contributed by atoms with van der Waals surface area (Å²) in [5, 5.41) is 0.998. The van der Waals surface area contributed by atoms with Gasteiger partial charge in [-0.25, -0.2) is 0 Å². The topological polar surface area (TPSA) is 26.3 Å². The van der Waals surface area contributed by atoms with Gasteiger partial charge in [0.15, 0.2) is 0 Å². The van der Waals surface area contributed by atoms with Crippen molar-refractivity contribution < 1.29 is 9.53 Å². The molecule has 0 unspecified atom stereocenters. The number of hydrogen-bond donors (Lipinski definition) is 0. The Balaban J connectivity index is 2.94. The molecule has 1 aromatic rings. The van der Waals surface area contributed by atoms with Crippen LogP contribution in [0.15, 0.2) is 24.3 Å². The smallest absolute Gasteiger partial charge is 0.315 e. The highest BCUT2D eigenvalue weighted by Crippen LogP contribution is 2.25. The van der Waals surface area contributed by atoms with Gasteiger partial charge in [0.2, 0.25) is 0 Å². The molecule has 0 radical (unpaired) electrons. The van der Waals surface area contributed by atoms with Crippen LogP contribution in [0.4, 0.5) is 0 Å². The Morgan fingerprint density at radius 2 is 2.12 bits per heavy atom. The first-order valence-corrected chi connectivity index (χ1v) is 6.88. The molecule has 0 aliphatic rings. The zero-order valence-electron chi connectivity index (χ0n) is 10.6. The Bertz CT molecular complexity index is 386. The number of esters is 1. The molecule has 0 atom stereocenters. The summed E-state index contributed by atoms with van der Waals surface area (Å²) in [7, 11) is 1.43. The lowest BCUT2D eigenvalue weighted by molar-refractivity contribution is -0.146. The average molecular weight is 299 g/mol. The van der Waals surface area contributed by atoms with Gasteiger partial charge < -0.3 is 4.74 Å². The molecule has 0 aromatic heterocycles. The standard InChI is InChI=1S/C14H19BrO2/c1-14(2,13(16)17-3)12-8-4-6-11(10-12)7-5-9-15/h4,6,8,10H,5,7,9H2,1-3H3. The van der Waals surface area contributed by atoms with Crippen LogP contribution in [0.2, 0.25) is 0 Å². The van der Waals surface area contributed by atoms with Crippen molar-refractivity contribution in [1.82, 2.24) is 0 Å². The van der Waals surface area contributed by atoms with Crippen LogP contribution in [-0.4, -0.2) is 18.4 Å². The lowest BCUT2D eigenvalue weighted by Crippen LogP contribution is -2.30. The second-order valence-electron chi connectivity index (χ2n) is 4.61. The average Bonchev–Trinajstić information content (AvgIpc) is 2.35. The van der Waals surface area contributed by atoms with Gasteiger partial charge in [0, 0.05) is 5.33 Å². The number of halogens is 1. The van der Waals surface area contributed by atoms with E-state index in [0.29, 0.717) is 0 Å². The molecule has 3 heteroatoms. The van der Waals surface area contributed by atoms with Gasteiger partial charge in [-0.2, -0.15) is 0 Å².